The minimum absolute atomic E-state index is 0.0103. The van der Waals surface area contributed by atoms with Crippen LogP contribution in [0, 0.1) is 11.6 Å². The molecule has 0 radical (unpaired) electrons. The summed E-state index contributed by atoms with van der Waals surface area (Å²) in [6.45, 7) is 5.32. The molecule has 0 bridgehead atoms. The molecule has 7 rings (SSSR count). The van der Waals surface area contributed by atoms with E-state index in [0.717, 1.165) is 51.9 Å². The molecule has 3 unspecified atom stereocenters. The van der Waals surface area contributed by atoms with Gasteiger partial charge in [-0.25, -0.2) is 8.78 Å². The van der Waals surface area contributed by atoms with E-state index in [4.69, 9.17) is 19.9 Å². The van der Waals surface area contributed by atoms with Crippen LogP contribution in [0.3, 0.4) is 0 Å². The number of phenols is 1. The Morgan fingerprint density at radius 3 is 2.87 bits per heavy atom. The average Bonchev–Trinajstić information content (AvgIpc) is 3.47. The number of benzene rings is 3. The zero-order valence-electron chi connectivity index (χ0n) is 26.6. The molecule has 3 fully saturated rings. The third-order valence-corrected chi connectivity index (χ3v) is 10.0. The lowest BCUT2D eigenvalue weighted by Gasteiger charge is -2.30. The lowest BCUT2D eigenvalue weighted by Crippen LogP contribution is -2.43. The van der Waals surface area contributed by atoms with Crippen LogP contribution in [0.2, 0.25) is 0 Å². The number of anilines is 1. The summed E-state index contributed by atoms with van der Waals surface area (Å²) >= 11 is 0. The van der Waals surface area contributed by atoms with Crippen LogP contribution >= 0.6 is 0 Å². The molecule has 0 spiro atoms. The van der Waals surface area contributed by atoms with Crippen LogP contribution in [-0.2, 0) is 9.47 Å². The van der Waals surface area contributed by atoms with E-state index in [-0.39, 0.29) is 51.3 Å². The summed E-state index contributed by atoms with van der Waals surface area (Å²) in [6, 6.07) is 10.9. The highest BCUT2D eigenvalue weighted by atomic mass is 19.1. The van der Waals surface area contributed by atoms with Crippen molar-refractivity contribution in [3.63, 3.8) is 0 Å². The minimum Gasteiger partial charge on any atom is -0.508 e. The number of fused-ring (bicyclic) bond motifs is 3. The summed E-state index contributed by atoms with van der Waals surface area (Å²) in [5.41, 5.74) is 6.34. The van der Waals surface area contributed by atoms with Crippen LogP contribution < -0.4 is 15.8 Å². The lowest BCUT2D eigenvalue weighted by atomic mass is 9.94. The van der Waals surface area contributed by atoms with Gasteiger partial charge < -0.3 is 30.4 Å². The van der Waals surface area contributed by atoms with E-state index in [2.05, 4.69) is 20.2 Å². The van der Waals surface area contributed by atoms with E-state index in [1.807, 2.05) is 0 Å². The van der Waals surface area contributed by atoms with Crippen LogP contribution in [0.4, 0.5) is 14.6 Å². The second kappa shape index (κ2) is 13.8. The maximum atomic E-state index is 16.2. The molecule has 3 aromatic carbocycles. The lowest BCUT2D eigenvalue weighted by molar-refractivity contribution is 0.0325. The summed E-state index contributed by atoms with van der Waals surface area (Å²) < 4.78 is 49.5. The molecule has 3 aliphatic rings. The number of hydrogen-bond donors (Lipinski definition) is 3. The van der Waals surface area contributed by atoms with Crippen molar-refractivity contribution in [2.45, 2.75) is 69.1 Å². The molecule has 0 saturated carbocycles. The second-order valence-electron chi connectivity index (χ2n) is 13.2. The molecule has 1 aromatic heterocycles. The van der Waals surface area contributed by atoms with Gasteiger partial charge in [-0.05, 0) is 86.8 Å². The van der Waals surface area contributed by atoms with Gasteiger partial charge in [0.1, 0.15) is 29.5 Å². The quantitative estimate of drug-likeness (QED) is 0.170. The van der Waals surface area contributed by atoms with E-state index in [9.17, 15) is 9.50 Å². The summed E-state index contributed by atoms with van der Waals surface area (Å²) in [5.74, 6) is -1.22. The molecule has 9 nitrogen and oxygen atoms in total. The first kappa shape index (κ1) is 31.9. The van der Waals surface area contributed by atoms with Crippen LogP contribution in [0.25, 0.3) is 32.8 Å². The van der Waals surface area contributed by atoms with Gasteiger partial charge >= 0.3 is 6.01 Å². The van der Waals surface area contributed by atoms with Crippen LogP contribution in [0.15, 0.2) is 42.5 Å². The fourth-order valence-electron chi connectivity index (χ4n) is 7.67. The average molecular weight is 648 g/mol. The molecule has 3 atom stereocenters. The predicted molar refractivity (Wildman–Crippen MR) is 178 cm³/mol. The highest BCUT2D eigenvalue weighted by Gasteiger charge is 2.49. The van der Waals surface area contributed by atoms with Gasteiger partial charge in [-0.3, -0.25) is 4.90 Å². The fraction of sp³-hybridized carbons (Fsp3) is 0.500. The molecule has 3 aliphatic heterocycles. The number of ether oxygens (including phenoxy) is 3. The number of aromatic nitrogens is 2. The number of nitrogens with one attached hydrogen (secondary N) is 1. The minimum atomic E-state index is -0.693. The predicted octanol–water partition coefficient (Wildman–Crippen LogP) is 5.96. The fourth-order valence-corrected chi connectivity index (χ4v) is 7.67. The van der Waals surface area contributed by atoms with Gasteiger partial charge in [0.15, 0.2) is 5.82 Å². The van der Waals surface area contributed by atoms with Gasteiger partial charge in [0, 0.05) is 42.1 Å². The topological polar surface area (TPSA) is 115 Å². The number of aromatic hydroxyl groups is 1. The first-order valence-corrected chi connectivity index (χ1v) is 16.9. The summed E-state index contributed by atoms with van der Waals surface area (Å²) in [4.78, 5) is 11.2. The Kier molecular flexibility index (Phi) is 9.40. The maximum Gasteiger partial charge on any atom is 0.319 e. The molecule has 0 aliphatic carbocycles. The molecule has 250 valence electrons. The smallest absolute Gasteiger partial charge is 0.319 e. The number of nitrogens with zero attached hydrogens (tertiary/aromatic N) is 3. The van der Waals surface area contributed by atoms with Crippen LogP contribution in [0.5, 0.6) is 11.8 Å². The molecule has 4 heterocycles. The Morgan fingerprint density at radius 2 is 1.96 bits per heavy atom. The van der Waals surface area contributed by atoms with Crippen molar-refractivity contribution < 1.29 is 28.1 Å². The van der Waals surface area contributed by atoms with Crippen molar-refractivity contribution in [3.05, 3.63) is 54.1 Å². The SMILES string of the molecule is Nc1nc(OCC23CCCN2CC(OCCCOCC2CCCCCN2)C3)nc2c(F)c(-c3cc(O)cc4cccc(F)c34)ccc12. The molecular weight excluding hydrogens is 604 g/mol. The Balaban J connectivity index is 1.01. The zero-order valence-corrected chi connectivity index (χ0v) is 26.6. The number of phenolic OH excluding ortho intramolecular Hbond substituents is 1. The van der Waals surface area contributed by atoms with Gasteiger partial charge in [-0.1, -0.05) is 31.0 Å². The number of hydrogen-bond acceptors (Lipinski definition) is 9. The largest absolute Gasteiger partial charge is 0.508 e. The third kappa shape index (κ3) is 6.72. The maximum absolute atomic E-state index is 16.2. The van der Waals surface area contributed by atoms with Gasteiger partial charge in [0.25, 0.3) is 0 Å². The van der Waals surface area contributed by atoms with Crippen molar-refractivity contribution in [2.75, 3.05) is 51.8 Å². The van der Waals surface area contributed by atoms with Crippen LogP contribution in [0.1, 0.15) is 51.4 Å². The Bertz CT molecular complexity index is 1730. The normalized spacial score (nSPS) is 23.4. The van der Waals surface area contributed by atoms with Gasteiger partial charge in [-0.2, -0.15) is 9.97 Å². The molecule has 4 N–H and O–H groups in total. The third-order valence-electron chi connectivity index (χ3n) is 10.0. The van der Waals surface area contributed by atoms with E-state index >= 15 is 4.39 Å². The van der Waals surface area contributed by atoms with E-state index in [1.165, 1.54) is 49.9 Å². The van der Waals surface area contributed by atoms with Gasteiger partial charge in [0.2, 0.25) is 0 Å². The number of rotatable bonds is 11. The summed E-state index contributed by atoms with van der Waals surface area (Å²) in [5, 5.41) is 14.9. The highest BCUT2D eigenvalue weighted by Crippen LogP contribution is 2.41. The standard InChI is InChI=1S/C36H43F2N5O4/c37-30-9-4-7-23-17-25(44)18-29(31(23)30)27-10-11-28-33(32(27)38)41-35(42-34(28)39)47-22-36-12-5-14-43(36)20-26(19-36)46-16-6-15-45-21-24-8-2-1-3-13-40-24/h4,7,9-11,17-18,24,26,40,44H,1-3,5-6,8,12-16,19-22H2,(H2,39,41,42). The van der Waals surface area contributed by atoms with Gasteiger partial charge in [0.05, 0.1) is 18.2 Å². The summed E-state index contributed by atoms with van der Waals surface area (Å²) in [6.07, 6.45) is 8.81. The summed E-state index contributed by atoms with van der Waals surface area (Å²) in [7, 11) is 0. The van der Waals surface area contributed by atoms with Crippen LogP contribution in [-0.4, -0.2) is 83.7 Å². The molecule has 3 saturated heterocycles. The number of nitrogen functional groups attached to an aromatic ring is 1. The monoisotopic (exact) mass is 647 g/mol. The van der Waals surface area contributed by atoms with Gasteiger partial charge in [-0.15, -0.1) is 0 Å². The van der Waals surface area contributed by atoms with Crippen molar-refractivity contribution >= 4 is 27.5 Å². The Hall–Kier alpha value is -3.64. The molecular formula is C36H43F2N5O4. The van der Waals surface area contributed by atoms with Crippen molar-refractivity contribution in [2.24, 2.45) is 0 Å². The van der Waals surface area contributed by atoms with Crippen molar-refractivity contribution in [1.82, 2.24) is 20.2 Å². The molecule has 11 heteroatoms. The first-order chi connectivity index (χ1) is 22.9. The molecule has 4 aromatic rings. The second-order valence-corrected chi connectivity index (χ2v) is 13.2. The number of halogens is 2. The van der Waals surface area contributed by atoms with Crippen molar-refractivity contribution in [3.8, 4) is 22.9 Å². The van der Waals surface area contributed by atoms with E-state index < -0.39 is 11.6 Å². The molecule has 47 heavy (non-hydrogen) atoms. The zero-order chi connectivity index (χ0) is 32.4. The highest BCUT2D eigenvalue weighted by molar-refractivity contribution is 6.01. The Morgan fingerprint density at radius 1 is 1.04 bits per heavy atom. The Labute approximate surface area is 273 Å². The molecule has 0 amide bonds. The van der Waals surface area contributed by atoms with E-state index in [0.29, 0.717) is 36.6 Å². The first-order valence-electron chi connectivity index (χ1n) is 16.9. The number of nitrogens with two attached hydrogens (primary N) is 1. The van der Waals surface area contributed by atoms with E-state index in [1.54, 1.807) is 18.2 Å². The van der Waals surface area contributed by atoms with Crippen molar-refractivity contribution in [1.29, 1.82) is 0 Å².